The van der Waals surface area contributed by atoms with Crippen molar-refractivity contribution in [3.05, 3.63) is 48.5 Å². The molecule has 1 fully saturated rings. The molecule has 0 saturated carbocycles. The van der Waals surface area contributed by atoms with E-state index in [2.05, 4.69) is 10.2 Å². The second-order valence-corrected chi connectivity index (χ2v) is 9.40. The highest BCUT2D eigenvalue weighted by atomic mass is 32.2. The van der Waals surface area contributed by atoms with Gasteiger partial charge < -0.3 is 19.7 Å². The van der Waals surface area contributed by atoms with Crippen molar-refractivity contribution in [1.29, 1.82) is 0 Å². The minimum absolute atomic E-state index is 0.317. The lowest BCUT2D eigenvalue weighted by atomic mass is 10.1. The summed E-state index contributed by atoms with van der Waals surface area (Å²) in [6.45, 7) is 7.23. The van der Waals surface area contributed by atoms with Gasteiger partial charge in [-0.1, -0.05) is 6.92 Å². The topological polar surface area (TPSA) is 88.2 Å². The molecule has 1 heterocycles. The Balaban J connectivity index is 1.77. The molecular formula is C23H31N3O5S. The Morgan fingerprint density at radius 1 is 1.09 bits per heavy atom. The van der Waals surface area contributed by atoms with Gasteiger partial charge in [-0.2, -0.15) is 0 Å². The summed E-state index contributed by atoms with van der Waals surface area (Å²) in [7, 11) is -3.70. The zero-order valence-corrected chi connectivity index (χ0v) is 19.6. The highest BCUT2D eigenvalue weighted by molar-refractivity contribution is 7.92. The predicted octanol–water partition coefficient (Wildman–Crippen LogP) is 3.11. The summed E-state index contributed by atoms with van der Waals surface area (Å²) in [4.78, 5) is 15.3. The van der Waals surface area contributed by atoms with Crippen LogP contribution in [0.25, 0.3) is 0 Å². The zero-order valence-electron chi connectivity index (χ0n) is 18.8. The predicted molar refractivity (Wildman–Crippen MR) is 127 cm³/mol. The summed E-state index contributed by atoms with van der Waals surface area (Å²) in [6.07, 6.45) is 1.43. The first-order chi connectivity index (χ1) is 15.3. The van der Waals surface area contributed by atoms with Crippen molar-refractivity contribution in [1.82, 2.24) is 0 Å². The number of morpholine rings is 1. The lowest BCUT2D eigenvalue weighted by molar-refractivity contribution is -0.117. The lowest BCUT2D eigenvalue weighted by Crippen LogP contribution is -2.47. The maximum Gasteiger partial charge on any atom is 0.248 e. The Kier molecular flexibility index (Phi) is 7.98. The number of hydrogen-bond acceptors (Lipinski definition) is 6. The number of amides is 1. The Hall–Kier alpha value is -2.78. The van der Waals surface area contributed by atoms with Crippen LogP contribution in [0, 0.1) is 0 Å². The van der Waals surface area contributed by atoms with E-state index in [1.165, 1.54) is 4.31 Å². The van der Waals surface area contributed by atoms with Gasteiger partial charge in [0.1, 0.15) is 11.8 Å². The summed E-state index contributed by atoms with van der Waals surface area (Å²) >= 11 is 0. The largest absolute Gasteiger partial charge is 0.494 e. The van der Waals surface area contributed by atoms with Crippen LogP contribution >= 0.6 is 0 Å². The third-order valence-electron chi connectivity index (χ3n) is 5.24. The van der Waals surface area contributed by atoms with Gasteiger partial charge in [0.15, 0.2) is 0 Å². The third kappa shape index (κ3) is 5.92. The first-order valence-corrected chi connectivity index (χ1v) is 12.6. The van der Waals surface area contributed by atoms with Gasteiger partial charge in [-0.05, 0) is 61.9 Å². The minimum atomic E-state index is -3.70. The Morgan fingerprint density at radius 2 is 1.72 bits per heavy atom. The molecule has 2 aromatic rings. The molecule has 1 N–H and O–H groups in total. The van der Waals surface area contributed by atoms with Crippen molar-refractivity contribution in [2.75, 3.05) is 53.7 Å². The highest BCUT2D eigenvalue weighted by Crippen LogP contribution is 2.26. The van der Waals surface area contributed by atoms with Crippen LogP contribution in [0.4, 0.5) is 17.1 Å². The smallest absolute Gasteiger partial charge is 0.248 e. The van der Waals surface area contributed by atoms with E-state index in [-0.39, 0.29) is 5.91 Å². The van der Waals surface area contributed by atoms with Gasteiger partial charge in [-0.25, -0.2) is 8.42 Å². The molecule has 0 radical (unpaired) electrons. The summed E-state index contributed by atoms with van der Waals surface area (Å²) in [6, 6.07) is 13.4. The number of sulfonamides is 1. The van der Waals surface area contributed by atoms with Crippen LogP contribution in [0.15, 0.2) is 48.5 Å². The summed E-state index contributed by atoms with van der Waals surface area (Å²) in [5, 5.41) is 2.86. The normalized spacial score (nSPS) is 15.2. The molecule has 0 spiro atoms. The molecule has 2 aromatic carbocycles. The molecular weight excluding hydrogens is 430 g/mol. The van der Waals surface area contributed by atoms with Crippen molar-refractivity contribution in [3.63, 3.8) is 0 Å². The lowest BCUT2D eigenvalue weighted by Gasteiger charge is -2.30. The monoisotopic (exact) mass is 461 g/mol. The molecule has 0 bridgehead atoms. The molecule has 32 heavy (non-hydrogen) atoms. The van der Waals surface area contributed by atoms with Crippen LogP contribution in [-0.2, 0) is 19.6 Å². The molecule has 1 atom stereocenters. The van der Waals surface area contributed by atoms with Gasteiger partial charge in [-0.15, -0.1) is 0 Å². The fourth-order valence-electron chi connectivity index (χ4n) is 3.72. The molecule has 1 aliphatic rings. The van der Waals surface area contributed by atoms with Gasteiger partial charge in [0, 0.05) is 24.5 Å². The average molecular weight is 462 g/mol. The van der Waals surface area contributed by atoms with E-state index in [1.807, 2.05) is 31.2 Å². The van der Waals surface area contributed by atoms with E-state index in [0.717, 1.165) is 25.0 Å². The van der Waals surface area contributed by atoms with Crippen molar-refractivity contribution >= 4 is 33.0 Å². The summed E-state index contributed by atoms with van der Waals surface area (Å²) < 4.78 is 37.2. The zero-order chi connectivity index (χ0) is 23.1. The summed E-state index contributed by atoms with van der Waals surface area (Å²) in [5.74, 6) is 0.258. The molecule has 3 rings (SSSR count). The third-order valence-corrected chi connectivity index (χ3v) is 6.42. The number of benzene rings is 2. The number of nitrogens with zero attached hydrogens (tertiary/aromatic N) is 2. The standard InChI is InChI=1S/C23H31N3O5S/c1-4-22(26(32(3,28)29)20-10-12-21(13-11-20)31-5-2)23(27)24-18-6-8-19(9-7-18)25-14-16-30-17-15-25/h6-13,22H,4-5,14-17H2,1-3H3,(H,24,27)/t22-/m0/s1. The van der Waals surface area contributed by atoms with E-state index in [4.69, 9.17) is 9.47 Å². The quantitative estimate of drug-likeness (QED) is 0.617. The maximum absolute atomic E-state index is 13.1. The van der Waals surface area contributed by atoms with E-state index in [9.17, 15) is 13.2 Å². The number of carbonyl (C=O) groups is 1. The van der Waals surface area contributed by atoms with E-state index in [1.54, 1.807) is 31.2 Å². The highest BCUT2D eigenvalue weighted by Gasteiger charge is 2.31. The van der Waals surface area contributed by atoms with Crippen LogP contribution in [0.5, 0.6) is 5.75 Å². The van der Waals surface area contributed by atoms with E-state index >= 15 is 0 Å². The van der Waals surface area contributed by atoms with Crippen molar-refractivity contribution in [2.24, 2.45) is 0 Å². The van der Waals surface area contributed by atoms with Crippen LogP contribution in [-0.4, -0.2) is 59.5 Å². The van der Waals surface area contributed by atoms with Crippen molar-refractivity contribution < 1.29 is 22.7 Å². The van der Waals surface area contributed by atoms with E-state index < -0.39 is 16.1 Å². The fraction of sp³-hybridized carbons (Fsp3) is 0.435. The second kappa shape index (κ2) is 10.7. The molecule has 1 saturated heterocycles. The first kappa shape index (κ1) is 23.9. The maximum atomic E-state index is 13.1. The van der Waals surface area contributed by atoms with Crippen LogP contribution < -0.4 is 19.3 Å². The number of nitrogens with one attached hydrogen (secondary N) is 1. The minimum Gasteiger partial charge on any atom is -0.494 e. The Labute approximate surface area is 190 Å². The van der Waals surface area contributed by atoms with Gasteiger partial charge in [0.05, 0.1) is 31.8 Å². The first-order valence-electron chi connectivity index (χ1n) is 10.8. The molecule has 0 aliphatic carbocycles. The molecule has 1 amide bonds. The van der Waals surface area contributed by atoms with E-state index in [0.29, 0.717) is 43.4 Å². The molecule has 1 aliphatic heterocycles. The Bertz CT molecular complexity index is 987. The van der Waals surface area contributed by atoms with Gasteiger partial charge in [0.25, 0.3) is 0 Å². The van der Waals surface area contributed by atoms with Crippen molar-refractivity contribution in [3.8, 4) is 5.75 Å². The number of hydrogen-bond donors (Lipinski definition) is 1. The summed E-state index contributed by atoms with van der Waals surface area (Å²) in [5.41, 5.74) is 2.09. The molecule has 9 heteroatoms. The SMILES string of the molecule is CCOc1ccc(N([C@@H](CC)C(=O)Nc2ccc(N3CCOCC3)cc2)S(C)(=O)=O)cc1. The van der Waals surface area contributed by atoms with Crippen LogP contribution in [0.2, 0.25) is 0 Å². The van der Waals surface area contributed by atoms with Gasteiger partial charge >= 0.3 is 0 Å². The van der Waals surface area contributed by atoms with Crippen LogP contribution in [0.1, 0.15) is 20.3 Å². The number of rotatable bonds is 9. The van der Waals surface area contributed by atoms with Crippen LogP contribution in [0.3, 0.4) is 0 Å². The Morgan fingerprint density at radius 3 is 2.25 bits per heavy atom. The van der Waals surface area contributed by atoms with Gasteiger partial charge in [0.2, 0.25) is 15.9 Å². The van der Waals surface area contributed by atoms with Crippen molar-refractivity contribution in [2.45, 2.75) is 26.3 Å². The number of anilines is 3. The molecule has 0 unspecified atom stereocenters. The average Bonchev–Trinajstić information content (AvgIpc) is 2.78. The van der Waals surface area contributed by atoms with Gasteiger partial charge in [-0.3, -0.25) is 9.10 Å². The molecule has 174 valence electrons. The molecule has 8 nitrogen and oxygen atoms in total. The number of ether oxygens (including phenoxy) is 2. The fourth-order valence-corrected chi connectivity index (χ4v) is 4.93. The number of carbonyl (C=O) groups excluding carboxylic acids is 1. The second-order valence-electron chi connectivity index (χ2n) is 7.55. The molecule has 0 aromatic heterocycles.